The van der Waals surface area contributed by atoms with E-state index >= 15 is 4.39 Å². The van der Waals surface area contributed by atoms with E-state index in [-0.39, 0.29) is 39.3 Å². The van der Waals surface area contributed by atoms with E-state index in [0.29, 0.717) is 35.5 Å². The van der Waals surface area contributed by atoms with Crippen molar-refractivity contribution < 1.29 is 14.2 Å². The molecule has 3 aliphatic heterocycles. The number of hydrogen-bond acceptors (Lipinski definition) is 7. The summed E-state index contributed by atoms with van der Waals surface area (Å²) in [5.41, 5.74) is 0.995. The van der Waals surface area contributed by atoms with Crippen molar-refractivity contribution in [3.63, 3.8) is 0 Å². The lowest BCUT2D eigenvalue weighted by Crippen LogP contribution is -2.66. The molecular formula is C33H37ClFN5O2. The fourth-order valence-electron chi connectivity index (χ4n) is 7.20. The predicted molar refractivity (Wildman–Crippen MR) is 166 cm³/mol. The molecule has 42 heavy (non-hydrogen) atoms. The van der Waals surface area contributed by atoms with Gasteiger partial charge in [0.1, 0.15) is 17.1 Å². The Morgan fingerprint density at radius 1 is 1.14 bits per heavy atom. The lowest BCUT2D eigenvalue weighted by Gasteiger charge is -2.51. The highest BCUT2D eigenvalue weighted by Gasteiger charge is 2.44. The molecule has 0 spiro atoms. The Kier molecular flexibility index (Phi) is 6.91. The molecule has 2 N–H and O–H groups in total. The molecule has 4 aromatic rings. The molecule has 4 aliphatic rings. The van der Waals surface area contributed by atoms with Crippen LogP contribution in [0.2, 0.25) is 5.02 Å². The molecule has 0 amide bonds. The molecule has 9 heteroatoms. The molecule has 1 aromatic heterocycles. The van der Waals surface area contributed by atoms with E-state index in [0.717, 1.165) is 56.0 Å². The molecule has 1 aliphatic carbocycles. The number of aromatic hydroxyl groups is 1. The average Bonchev–Trinajstić information content (AvgIpc) is 3.74. The third-order valence-corrected chi connectivity index (χ3v) is 9.63. The van der Waals surface area contributed by atoms with Crippen LogP contribution in [0.3, 0.4) is 0 Å². The Morgan fingerprint density at radius 3 is 2.69 bits per heavy atom. The highest BCUT2D eigenvalue weighted by atomic mass is 35.5. The van der Waals surface area contributed by atoms with E-state index in [9.17, 15) is 5.11 Å². The van der Waals surface area contributed by atoms with Crippen molar-refractivity contribution in [1.82, 2.24) is 20.2 Å². The monoisotopic (exact) mass is 589 g/mol. The molecule has 7 nitrogen and oxygen atoms in total. The minimum Gasteiger partial charge on any atom is -0.508 e. The number of aromatic nitrogens is 2. The first-order valence-corrected chi connectivity index (χ1v) is 15.3. The van der Waals surface area contributed by atoms with Crippen LogP contribution >= 0.6 is 11.6 Å². The highest BCUT2D eigenvalue weighted by molar-refractivity contribution is 6.35. The summed E-state index contributed by atoms with van der Waals surface area (Å²) >= 11 is 6.92. The average molecular weight is 590 g/mol. The van der Waals surface area contributed by atoms with Crippen molar-refractivity contribution in [1.29, 1.82) is 0 Å². The number of nitrogens with one attached hydrogen (secondary N) is 1. The van der Waals surface area contributed by atoms with Gasteiger partial charge < -0.3 is 25.0 Å². The summed E-state index contributed by atoms with van der Waals surface area (Å²) in [7, 11) is 4.14. The molecule has 3 atom stereocenters. The number of benzene rings is 3. The Balaban J connectivity index is 1.39. The van der Waals surface area contributed by atoms with Crippen LogP contribution in [-0.2, 0) is 0 Å². The summed E-state index contributed by atoms with van der Waals surface area (Å²) in [5.74, 6) is 0.184. The van der Waals surface area contributed by atoms with Crippen molar-refractivity contribution in [3.05, 3.63) is 53.3 Å². The minimum absolute atomic E-state index is 0.0461. The van der Waals surface area contributed by atoms with Crippen molar-refractivity contribution in [3.8, 4) is 22.9 Å². The molecule has 1 saturated carbocycles. The van der Waals surface area contributed by atoms with E-state index in [1.54, 1.807) is 18.2 Å². The van der Waals surface area contributed by atoms with Crippen LogP contribution in [-0.4, -0.2) is 71.9 Å². The fourth-order valence-corrected chi connectivity index (χ4v) is 7.49. The number of halogens is 2. The number of rotatable bonds is 8. The largest absolute Gasteiger partial charge is 0.508 e. The lowest BCUT2D eigenvalue weighted by molar-refractivity contribution is 0.182. The van der Waals surface area contributed by atoms with Gasteiger partial charge in [-0.25, -0.2) is 4.39 Å². The van der Waals surface area contributed by atoms with Gasteiger partial charge in [-0.3, -0.25) is 0 Å². The van der Waals surface area contributed by atoms with Gasteiger partial charge in [-0.15, -0.1) is 0 Å². The first-order valence-electron chi connectivity index (χ1n) is 15.0. The number of ether oxygens (including phenoxy) is 1. The summed E-state index contributed by atoms with van der Waals surface area (Å²) in [6.07, 6.45) is 5.34. The molecule has 2 bridgehead atoms. The van der Waals surface area contributed by atoms with Gasteiger partial charge in [-0.1, -0.05) is 42.8 Å². The van der Waals surface area contributed by atoms with Gasteiger partial charge in [-0.05, 0) is 80.7 Å². The lowest BCUT2D eigenvalue weighted by atomic mass is 9.85. The zero-order chi connectivity index (χ0) is 29.2. The Labute approximate surface area is 250 Å². The standard InChI is InChI=1S/C33H37ClFN5O2/c1-4-26-27-10-9-20(36-26)16-40(27)31-24-15-25(34)28(23-14-21(41)13-19-7-5-6-8-22(19)23)29(35)30(24)37-32(38-31)42-18-33(11-12-33)17-39(2)3/h5-8,13-15,20,26-27,36,41H,4,9-12,16-18H2,1-3H3/t20-,26-,27+/m1/s1. The maximum atomic E-state index is 16.8. The SMILES string of the molecule is CC[C@H]1N[C@@H]2CC[C@@H]1N(c1nc(OCC3(CN(C)C)CC3)nc3c(F)c(-c4cc(O)cc5ccccc45)c(Cl)cc13)C2. The molecule has 0 radical (unpaired) electrons. The molecule has 4 heterocycles. The van der Waals surface area contributed by atoms with Gasteiger partial charge in [-0.2, -0.15) is 9.97 Å². The molecular weight excluding hydrogens is 553 g/mol. The van der Waals surface area contributed by atoms with Crippen LogP contribution in [0, 0.1) is 11.2 Å². The van der Waals surface area contributed by atoms with E-state index in [1.165, 1.54) is 0 Å². The van der Waals surface area contributed by atoms with Gasteiger partial charge in [0.2, 0.25) is 0 Å². The smallest absolute Gasteiger partial charge is 0.319 e. The summed E-state index contributed by atoms with van der Waals surface area (Å²) in [6, 6.07) is 13.7. The zero-order valence-corrected chi connectivity index (χ0v) is 25.1. The van der Waals surface area contributed by atoms with E-state index < -0.39 is 5.82 Å². The van der Waals surface area contributed by atoms with Crippen LogP contribution in [0.4, 0.5) is 10.2 Å². The number of phenols is 1. The van der Waals surface area contributed by atoms with Crippen LogP contribution in [0.15, 0.2) is 42.5 Å². The summed E-state index contributed by atoms with van der Waals surface area (Å²) in [4.78, 5) is 14.1. The number of nitrogens with zero attached hydrogens (tertiary/aromatic N) is 4. The molecule has 0 unspecified atom stereocenters. The molecule has 4 fully saturated rings. The number of piperazine rings is 1. The van der Waals surface area contributed by atoms with E-state index in [2.05, 4.69) is 41.1 Å². The van der Waals surface area contributed by atoms with Crippen molar-refractivity contribution >= 4 is 39.1 Å². The van der Waals surface area contributed by atoms with E-state index in [4.69, 9.17) is 21.3 Å². The summed E-state index contributed by atoms with van der Waals surface area (Å²) < 4.78 is 23.1. The fraction of sp³-hybridized carbons (Fsp3) is 0.455. The van der Waals surface area contributed by atoms with Gasteiger partial charge >= 0.3 is 6.01 Å². The second-order valence-corrected chi connectivity index (χ2v) is 13.1. The summed E-state index contributed by atoms with van der Waals surface area (Å²) in [5, 5.41) is 16.7. The number of hydrogen-bond donors (Lipinski definition) is 2. The second kappa shape index (κ2) is 10.5. The predicted octanol–water partition coefficient (Wildman–Crippen LogP) is 6.39. The Hall–Kier alpha value is -3.20. The van der Waals surface area contributed by atoms with Gasteiger partial charge in [0.25, 0.3) is 0 Å². The maximum absolute atomic E-state index is 16.8. The van der Waals surface area contributed by atoms with Gasteiger partial charge in [0.05, 0.1) is 11.6 Å². The van der Waals surface area contributed by atoms with E-state index in [1.807, 2.05) is 24.3 Å². The molecule has 220 valence electrons. The van der Waals surface area contributed by atoms with Crippen LogP contribution in [0.1, 0.15) is 39.0 Å². The topological polar surface area (TPSA) is 73.8 Å². The van der Waals surface area contributed by atoms with Gasteiger partial charge in [0, 0.05) is 47.6 Å². The number of anilines is 1. The third-order valence-electron chi connectivity index (χ3n) is 9.33. The van der Waals surface area contributed by atoms with Crippen LogP contribution in [0.5, 0.6) is 11.8 Å². The Morgan fingerprint density at radius 2 is 1.95 bits per heavy atom. The highest BCUT2D eigenvalue weighted by Crippen LogP contribution is 2.47. The quantitative estimate of drug-likeness (QED) is 0.247. The first kappa shape index (κ1) is 27.6. The minimum atomic E-state index is -0.538. The molecule has 3 saturated heterocycles. The molecule has 3 aromatic carbocycles. The third kappa shape index (κ3) is 4.83. The number of fused-ring (bicyclic) bond motifs is 5. The Bertz CT molecular complexity index is 1680. The van der Waals surface area contributed by atoms with Crippen LogP contribution < -0.4 is 15.0 Å². The maximum Gasteiger partial charge on any atom is 0.319 e. The summed E-state index contributed by atoms with van der Waals surface area (Å²) in [6.45, 7) is 4.40. The zero-order valence-electron chi connectivity index (χ0n) is 24.3. The normalized spacial score (nSPS) is 22.8. The van der Waals surface area contributed by atoms with Crippen molar-refractivity contribution in [2.45, 2.75) is 57.2 Å². The van der Waals surface area contributed by atoms with Gasteiger partial charge in [0.15, 0.2) is 5.82 Å². The number of piperidine rings is 2. The first-order chi connectivity index (χ1) is 20.2. The molecule has 8 rings (SSSR count). The van der Waals surface area contributed by atoms with Crippen molar-refractivity contribution in [2.75, 3.05) is 38.7 Å². The van der Waals surface area contributed by atoms with Crippen LogP contribution in [0.25, 0.3) is 32.8 Å². The number of phenolic OH excluding ortho intramolecular Hbond substituents is 1. The van der Waals surface area contributed by atoms with Crippen molar-refractivity contribution in [2.24, 2.45) is 5.41 Å². The second-order valence-electron chi connectivity index (χ2n) is 12.7.